The van der Waals surface area contributed by atoms with E-state index in [1.165, 1.54) is 62.8 Å². The number of alkyl halides is 3. The van der Waals surface area contributed by atoms with Crippen LogP contribution in [0.1, 0.15) is 27.4 Å². The quantitative estimate of drug-likeness (QED) is 0.792. The Morgan fingerprint density at radius 1 is 0.913 bits per heavy atom. The molecule has 0 bridgehead atoms. The average molecular weight is 324 g/mol. The highest BCUT2D eigenvalue weighted by atomic mass is 19.4. The molecule has 1 unspecified atom stereocenters. The normalized spacial score (nSPS) is 12.6. The van der Waals surface area contributed by atoms with Crippen LogP contribution in [0.3, 0.4) is 0 Å². The van der Waals surface area contributed by atoms with Crippen molar-refractivity contribution in [3.8, 4) is 5.75 Å². The lowest BCUT2D eigenvalue weighted by molar-refractivity contribution is -0.141. The van der Waals surface area contributed by atoms with E-state index in [0.29, 0.717) is 5.75 Å². The number of rotatable bonds is 4. The van der Waals surface area contributed by atoms with Gasteiger partial charge in [-0.15, -0.1) is 0 Å². The zero-order chi connectivity index (χ0) is 17.0. The maximum atomic E-state index is 13.5. The topological polar surface area (TPSA) is 35.5 Å². The Kier molecular flexibility index (Phi) is 4.93. The molecule has 1 atom stereocenters. The van der Waals surface area contributed by atoms with E-state index in [9.17, 15) is 18.0 Å². The number of halogens is 3. The summed E-state index contributed by atoms with van der Waals surface area (Å²) in [7, 11) is 2.66. The average Bonchev–Trinajstić information content (AvgIpc) is 2.54. The number of ether oxygens (including phenoxy) is 2. The highest BCUT2D eigenvalue weighted by Gasteiger charge is 2.41. The van der Waals surface area contributed by atoms with Gasteiger partial charge in [-0.2, -0.15) is 13.2 Å². The van der Waals surface area contributed by atoms with Gasteiger partial charge in [0.2, 0.25) is 0 Å². The van der Waals surface area contributed by atoms with Crippen molar-refractivity contribution in [1.82, 2.24) is 0 Å². The first-order valence-corrected chi connectivity index (χ1v) is 6.75. The van der Waals surface area contributed by atoms with Crippen molar-refractivity contribution in [1.29, 1.82) is 0 Å². The number of benzene rings is 2. The fourth-order valence-corrected chi connectivity index (χ4v) is 2.30. The molecule has 0 N–H and O–H groups in total. The maximum Gasteiger partial charge on any atom is 0.399 e. The molecule has 0 fully saturated rings. The summed E-state index contributed by atoms with van der Waals surface area (Å²) in [5, 5.41) is 0. The monoisotopic (exact) mass is 324 g/mol. The van der Waals surface area contributed by atoms with Crippen molar-refractivity contribution in [3.63, 3.8) is 0 Å². The Balaban J connectivity index is 2.40. The van der Waals surface area contributed by atoms with Gasteiger partial charge in [-0.1, -0.05) is 24.3 Å². The van der Waals surface area contributed by atoms with E-state index >= 15 is 0 Å². The molecule has 122 valence electrons. The van der Waals surface area contributed by atoms with Gasteiger partial charge in [-0.05, 0) is 35.4 Å². The second-order valence-corrected chi connectivity index (χ2v) is 4.86. The van der Waals surface area contributed by atoms with E-state index in [-0.39, 0.29) is 16.7 Å². The number of carbonyl (C=O) groups excluding carboxylic acids is 1. The molecule has 0 heterocycles. The smallest absolute Gasteiger partial charge is 0.399 e. The lowest BCUT2D eigenvalue weighted by Gasteiger charge is -2.21. The third kappa shape index (κ3) is 3.83. The molecule has 0 saturated carbocycles. The molecular formula is C17H15F3O3. The largest absolute Gasteiger partial charge is 0.497 e. The molecule has 0 radical (unpaired) electrons. The van der Waals surface area contributed by atoms with Gasteiger partial charge in [0.1, 0.15) is 11.7 Å². The molecular weight excluding hydrogens is 309 g/mol. The minimum absolute atomic E-state index is 0.0512. The van der Waals surface area contributed by atoms with Crippen LogP contribution in [0.2, 0.25) is 0 Å². The van der Waals surface area contributed by atoms with Crippen molar-refractivity contribution in [2.45, 2.75) is 12.1 Å². The summed E-state index contributed by atoms with van der Waals surface area (Å²) in [4.78, 5) is 11.4. The molecule has 6 heteroatoms. The summed E-state index contributed by atoms with van der Waals surface area (Å²) < 4.78 is 49.9. The molecule has 2 aromatic carbocycles. The number of methoxy groups -OCH3 is 2. The lowest BCUT2D eigenvalue weighted by atomic mass is 9.90. The molecule has 23 heavy (non-hydrogen) atoms. The Morgan fingerprint density at radius 3 is 1.78 bits per heavy atom. The molecule has 0 saturated heterocycles. The van der Waals surface area contributed by atoms with Crippen LogP contribution >= 0.6 is 0 Å². The van der Waals surface area contributed by atoms with Gasteiger partial charge < -0.3 is 9.47 Å². The summed E-state index contributed by atoms with van der Waals surface area (Å²) >= 11 is 0. The first-order valence-electron chi connectivity index (χ1n) is 6.75. The van der Waals surface area contributed by atoms with Crippen LogP contribution in [0.15, 0.2) is 48.5 Å². The van der Waals surface area contributed by atoms with Gasteiger partial charge >= 0.3 is 12.1 Å². The summed E-state index contributed by atoms with van der Waals surface area (Å²) in [5.41, 5.74) is 0.353. The second kappa shape index (κ2) is 6.73. The molecule has 0 aliphatic rings. The van der Waals surface area contributed by atoms with Crippen LogP contribution in [0, 0.1) is 0 Å². The van der Waals surface area contributed by atoms with Gasteiger partial charge in [-0.25, -0.2) is 4.79 Å². The predicted octanol–water partition coefficient (Wildman–Crippen LogP) is 4.18. The van der Waals surface area contributed by atoms with Gasteiger partial charge in [0, 0.05) is 0 Å². The van der Waals surface area contributed by atoms with E-state index in [2.05, 4.69) is 4.74 Å². The maximum absolute atomic E-state index is 13.5. The summed E-state index contributed by atoms with van der Waals surface area (Å²) in [6.45, 7) is 0. The third-order valence-electron chi connectivity index (χ3n) is 3.44. The molecule has 0 aliphatic heterocycles. The van der Waals surface area contributed by atoms with Crippen LogP contribution in [0.5, 0.6) is 5.75 Å². The molecule has 0 aliphatic carbocycles. The molecule has 0 spiro atoms. The Labute approximate surface area is 131 Å². The van der Waals surface area contributed by atoms with E-state index in [4.69, 9.17) is 4.74 Å². The summed E-state index contributed by atoms with van der Waals surface area (Å²) in [6, 6.07) is 10.9. The molecule has 3 nitrogen and oxygen atoms in total. The highest BCUT2D eigenvalue weighted by Crippen LogP contribution is 2.40. The number of carbonyl (C=O) groups is 1. The zero-order valence-corrected chi connectivity index (χ0v) is 12.6. The lowest BCUT2D eigenvalue weighted by Crippen LogP contribution is -2.22. The Morgan fingerprint density at radius 2 is 1.39 bits per heavy atom. The van der Waals surface area contributed by atoms with Crippen molar-refractivity contribution >= 4 is 5.97 Å². The van der Waals surface area contributed by atoms with E-state index in [1.54, 1.807) is 0 Å². The minimum atomic E-state index is -4.46. The zero-order valence-electron chi connectivity index (χ0n) is 12.6. The van der Waals surface area contributed by atoms with E-state index in [0.717, 1.165) is 0 Å². The minimum Gasteiger partial charge on any atom is -0.497 e. The number of esters is 1. The summed E-state index contributed by atoms with van der Waals surface area (Å²) in [5.74, 6) is -1.89. The highest BCUT2D eigenvalue weighted by molar-refractivity contribution is 5.89. The van der Waals surface area contributed by atoms with Crippen LogP contribution in [-0.2, 0) is 4.74 Å². The molecule has 2 rings (SSSR count). The molecule has 0 amide bonds. The standard InChI is InChI=1S/C17H15F3O3/c1-22-14-9-7-12(8-10-14)15(17(18,19)20)11-3-5-13(6-4-11)16(21)23-2/h3-10,15H,1-2H3. The van der Waals surface area contributed by atoms with Gasteiger partial charge in [-0.3, -0.25) is 0 Å². The number of hydrogen-bond acceptors (Lipinski definition) is 3. The first-order chi connectivity index (χ1) is 10.9. The molecule has 2 aromatic rings. The van der Waals surface area contributed by atoms with Crippen LogP contribution in [-0.4, -0.2) is 26.4 Å². The van der Waals surface area contributed by atoms with Crippen molar-refractivity contribution in [2.75, 3.05) is 14.2 Å². The number of hydrogen-bond donors (Lipinski definition) is 0. The van der Waals surface area contributed by atoms with E-state index < -0.39 is 18.1 Å². The van der Waals surface area contributed by atoms with Crippen molar-refractivity contribution in [2.24, 2.45) is 0 Å². The van der Waals surface area contributed by atoms with Crippen LogP contribution in [0.25, 0.3) is 0 Å². The second-order valence-electron chi connectivity index (χ2n) is 4.86. The molecule has 0 aromatic heterocycles. The van der Waals surface area contributed by atoms with Gasteiger partial charge in [0.15, 0.2) is 0 Å². The van der Waals surface area contributed by atoms with Crippen molar-refractivity contribution in [3.05, 3.63) is 65.2 Å². The van der Waals surface area contributed by atoms with Gasteiger partial charge in [0.05, 0.1) is 19.8 Å². The van der Waals surface area contributed by atoms with Gasteiger partial charge in [0.25, 0.3) is 0 Å². The summed E-state index contributed by atoms with van der Waals surface area (Å²) in [6.07, 6.45) is -4.46. The first kappa shape index (κ1) is 16.9. The Hall–Kier alpha value is -2.50. The third-order valence-corrected chi connectivity index (χ3v) is 3.44. The SMILES string of the molecule is COC(=O)c1ccc(C(c2ccc(OC)cc2)C(F)(F)F)cc1. The van der Waals surface area contributed by atoms with Crippen molar-refractivity contribution < 1.29 is 27.4 Å². The van der Waals surface area contributed by atoms with Crippen LogP contribution < -0.4 is 4.74 Å². The predicted molar refractivity (Wildman–Crippen MR) is 78.7 cm³/mol. The van der Waals surface area contributed by atoms with Crippen LogP contribution in [0.4, 0.5) is 13.2 Å². The fraction of sp³-hybridized carbons (Fsp3) is 0.235. The van der Waals surface area contributed by atoms with E-state index in [1.807, 2.05) is 0 Å². The fourth-order valence-electron chi connectivity index (χ4n) is 2.30. The Bertz CT molecular complexity index is 661.